The van der Waals surface area contributed by atoms with Crippen LogP contribution in [0.25, 0.3) is 0 Å². The second-order valence-corrected chi connectivity index (χ2v) is 5.87. The first-order valence-corrected chi connectivity index (χ1v) is 8.49. The molecule has 3 aromatic rings. The molecule has 0 saturated heterocycles. The minimum Gasteiger partial charge on any atom is -0.457 e. The lowest BCUT2D eigenvalue weighted by Gasteiger charge is -2.09. The van der Waals surface area contributed by atoms with Gasteiger partial charge in [0, 0.05) is 24.1 Å². The topological polar surface area (TPSA) is 75.6 Å². The Bertz CT molecular complexity index is 909. The van der Waals surface area contributed by atoms with Gasteiger partial charge in [0.15, 0.2) is 0 Å². The van der Waals surface area contributed by atoms with Crippen LogP contribution >= 0.6 is 0 Å². The fourth-order valence-electron chi connectivity index (χ4n) is 2.26. The Labute approximate surface area is 157 Å². The molecule has 27 heavy (non-hydrogen) atoms. The number of hydrazone groups is 1. The SMILES string of the molecule is Cc1ccc(Oc2cccc(NCC(=O)NN=Cc3ccncc3)c2)cc1. The summed E-state index contributed by atoms with van der Waals surface area (Å²) in [6, 6.07) is 18.9. The van der Waals surface area contributed by atoms with Crippen molar-refractivity contribution >= 4 is 17.8 Å². The van der Waals surface area contributed by atoms with Gasteiger partial charge < -0.3 is 10.1 Å². The van der Waals surface area contributed by atoms with Crippen LogP contribution in [0.2, 0.25) is 0 Å². The Kier molecular flexibility index (Phi) is 6.14. The fourth-order valence-corrected chi connectivity index (χ4v) is 2.26. The lowest BCUT2D eigenvalue weighted by Crippen LogP contribution is -2.25. The number of nitrogens with one attached hydrogen (secondary N) is 2. The van der Waals surface area contributed by atoms with Crippen molar-refractivity contribution in [2.75, 3.05) is 11.9 Å². The summed E-state index contributed by atoms with van der Waals surface area (Å²) in [5.41, 5.74) is 5.30. The Morgan fingerprint density at radius 2 is 1.85 bits per heavy atom. The van der Waals surface area contributed by atoms with E-state index in [1.54, 1.807) is 30.7 Å². The number of ether oxygens (including phenoxy) is 1. The van der Waals surface area contributed by atoms with E-state index >= 15 is 0 Å². The highest BCUT2D eigenvalue weighted by atomic mass is 16.5. The number of benzene rings is 2. The second kappa shape index (κ2) is 9.15. The van der Waals surface area contributed by atoms with Gasteiger partial charge in [-0.15, -0.1) is 0 Å². The van der Waals surface area contributed by atoms with E-state index in [1.807, 2.05) is 55.5 Å². The molecule has 0 bridgehead atoms. The second-order valence-electron chi connectivity index (χ2n) is 5.87. The molecular weight excluding hydrogens is 340 g/mol. The standard InChI is InChI=1S/C21H20N4O2/c1-16-5-7-19(8-6-16)27-20-4-2-3-18(13-20)23-15-21(26)25-24-14-17-9-11-22-12-10-17/h2-14,23H,15H2,1H3,(H,25,26). The fraction of sp³-hybridized carbons (Fsp3) is 0.0952. The summed E-state index contributed by atoms with van der Waals surface area (Å²) in [6.07, 6.45) is 4.89. The summed E-state index contributed by atoms with van der Waals surface area (Å²) in [6.45, 7) is 2.13. The van der Waals surface area contributed by atoms with Gasteiger partial charge in [-0.05, 0) is 48.9 Å². The number of carbonyl (C=O) groups excluding carboxylic acids is 1. The average molecular weight is 360 g/mol. The van der Waals surface area contributed by atoms with Gasteiger partial charge in [-0.3, -0.25) is 9.78 Å². The average Bonchev–Trinajstić information content (AvgIpc) is 2.69. The number of carbonyl (C=O) groups is 1. The van der Waals surface area contributed by atoms with Crippen molar-refractivity contribution in [2.24, 2.45) is 5.10 Å². The van der Waals surface area contributed by atoms with Crippen LogP contribution in [0.5, 0.6) is 11.5 Å². The molecule has 0 atom stereocenters. The lowest BCUT2D eigenvalue weighted by atomic mass is 10.2. The summed E-state index contributed by atoms with van der Waals surface area (Å²) in [7, 11) is 0. The van der Waals surface area contributed by atoms with Gasteiger partial charge in [-0.1, -0.05) is 23.8 Å². The molecule has 1 heterocycles. The maximum absolute atomic E-state index is 11.9. The van der Waals surface area contributed by atoms with Crippen LogP contribution in [0.4, 0.5) is 5.69 Å². The highest BCUT2D eigenvalue weighted by Gasteiger charge is 2.02. The highest BCUT2D eigenvalue weighted by molar-refractivity contribution is 5.84. The number of aromatic nitrogens is 1. The van der Waals surface area contributed by atoms with Crippen molar-refractivity contribution in [1.29, 1.82) is 0 Å². The molecule has 136 valence electrons. The molecule has 0 saturated carbocycles. The van der Waals surface area contributed by atoms with E-state index in [0.717, 1.165) is 17.0 Å². The van der Waals surface area contributed by atoms with Crippen molar-refractivity contribution in [3.8, 4) is 11.5 Å². The normalized spacial score (nSPS) is 10.6. The van der Waals surface area contributed by atoms with E-state index < -0.39 is 0 Å². The predicted octanol–water partition coefficient (Wildman–Crippen LogP) is 3.74. The number of hydrogen-bond acceptors (Lipinski definition) is 5. The predicted molar refractivity (Wildman–Crippen MR) is 106 cm³/mol. The van der Waals surface area contributed by atoms with Crippen LogP contribution in [-0.2, 0) is 4.79 Å². The van der Waals surface area contributed by atoms with Gasteiger partial charge in [0.05, 0.1) is 12.8 Å². The number of amides is 1. The third kappa shape index (κ3) is 5.97. The molecule has 0 aliphatic rings. The van der Waals surface area contributed by atoms with E-state index in [1.165, 1.54) is 5.56 Å². The molecule has 1 amide bonds. The van der Waals surface area contributed by atoms with Gasteiger partial charge in [0.1, 0.15) is 11.5 Å². The summed E-state index contributed by atoms with van der Waals surface area (Å²) < 4.78 is 5.83. The van der Waals surface area contributed by atoms with E-state index in [-0.39, 0.29) is 12.5 Å². The Balaban J connectivity index is 1.49. The zero-order valence-electron chi connectivity index (χ0n) is 14.9. The largest absolute Gasteiger partial charge is 0.457 e. The molecule has 2 aromatic carbocycles. The van der Waals surface area contributed by atoms with E-state index in [9.17, 15) is 4.79 Å². The molecule has 3 rings (SSSR count). The highest BCUT2D eigenvalue weighted by Crippen LogP contribution is 2.24. The summed E-state index contributed by atoms with van der Waals surface area (Å²) in [5.74, 6) is 1.21. The van der Waals surface area contributed by atoms with Gasteiger partial charge >= 0.3 is 0 Å². The number of pyridine rings is 1. The zero-order chi connectivity index (χ0) is 18.9. The molecule has 0 fully saturated rings. The van der Waals surface area contributed by atoms with Gasteiger partial charge in [0.2, 0.25) is 0 Å². The Morgan fingerprint density at radius 3 is 2.63 bits per heavy atom. The summed E-state index contributed by atoms with van der Waals surface area (Å²) in [5, 5.41) is 6.97. The van der Waals surface area contributed by atoms with Crippen molar-refractivity contribution in [3.63, 3.8) is 0 Å². The molecule has 0 aliphatic heterocycles. The monoisotopic (exact) mass is 360 g/mol. The number of anilines is 1. The van der Waals surface area contributed by atoms with Crippen LogP contribution in [0, 0.1) is 6.92 Å². The molecule has 0 radical (unpaired) electrons. The molecule has 6 heteroatoms. The molecule has 2 N–H and O–H groups in total. The molecule has 6 nitrogen and oxygen atoms in total. The van der Waals surface area contributed by atoms with Crippen LogP contribution in [0.3, 0.4) is 0 Å². The number of aryl methyl sites for hydroxylation is 1. The molecule has 0 spiro atoms. The number of hydrogen-bond donors (Lipinski definition) is 2. The van der Waals surface area contributed by atoms with Crippen LogP contribution in [-0.4, -0.2) is 23.7 Å². The van der Waals surface area contributed by atoms with Crippen molar-refractivity contribution < 1.29 is 9.53 Å². The minimum atomic E-state index is -0.245. The number of rotatable bonds is 7. The van der Waals surface area contributed by atoms with E-state index in [4.69, 9.17) is 4.74 Å². The van der Waals surface area contributed by atoms with Gasteiger partial charge in [-0.2, -0.15) is 5.10 Å². The van der Waals surface area contributed by atoms with Crippen LogP contribution < -0.4 is 15.5 Å². The molecule has 0 aliphatic carbocycles. The molecular formula is C21H20N4O2. The third-order valence-corrected chi connectivity index (χ3v) is 3.65. The van der Waals surface area contributed by atoms with E-state index in [2.05, 4.69) is 20.8 Å². The molecule has 0 unspecified atom stereocenters. The van der Waals surface area contributed by atoms with Crippen LogP contribution in [0.15, 0.2) is 78.2 Å². The maximum Gasteiger partial charge on any atom is 0.259 e. The first-order chi connectivity index (χ1) is 13.2. The van der Waals surface area contributed by atoms with Crippen molar-refractivity contribution in [2.45, 2.75) is 6.92 Å². The number of nitrogens with zero attached hydrogens (tertiary/aromatic N) is 2. The minimum absolute atomic E-state index is 0.0989. The van der Waals surface area contributed by atoms with Crippen molar-refractivity contribution in [1.82, 2.24) is 10.4 Å². The smallest absolute Gasteiger partial charge is 0.259 e. The first kappa shape index (κ1) is 18.1. The van der Waals surface area contributed by atoms with Gasteiger partial charge in [-0.25, -0.2) is 5.43 Å². The summed E-state index contributed by atoms with van der Waals surface area (Å²) >= 11 is 0. The zero-order valence-corrected chi connectivity index (χ0v) is 14.9. The van der Waals surface area contributed by atoms with E-state index in [0.29, 0.717) is 5.75 Å². The Hall–Kier alpha value is -3.67. The van der Waals surface area contributed by atoms with Gasteiger partial charge in [0.25, 0.3) is 5.91 Å². The maximum atomic E-state index is 11.9. The Morgan fingerprint density at radius 1 is 1.07 bits per heavy atom. The first-order valence-electron chi connectivity index (χ1n) is 8.49. The molecule has 1 aromatic heterocycles. The van der Waals surface area contributed by atoms with Crippen molar-refractivity contribution in [3.05, 3.63) is 84.2 Å². The quantitative estimate of drug-likeness (QED) is 0.497. The third-order valence-electron chi connectivity index (χ3n) is 3.65. The summed E-state index contributed by atoms with van der Waals surface area (Å²) in [4.78, 5) is 15.8. The van der Waals surface area contributed by atoms with Crippen LogP contribution in [0.1, 0.15) is 11.1 Å². The lowest BCUT2D eigenvalue weighted by molar-refractivity contribution is -0.119.